The topological polar surface area (TPSA) is 89.0 Å². The molecule has 8 heteroatoms. The molecule has 0 spiro atoms. The average molecular weight is 466 g/mol. The van der Waals surface area contributed by atoms with Gasteiger partial charge in [-0.3, -0.25) is 9.59 Å². The molecular formula is C25H24ClN3O4. The zero-order valence-corrected chi connectivity index (χ0v) is 18.8. The molecule has 0 radical (unpaired) electrons. The van der Waals surface area contributed by atoms with E-state index in [0.717, 1.165) is 11.1 Å². The van der Waals surface area contributed by atoms with Crippen LogP contribution in [0.4, 0.5) is 0 Å². The number of amides is 2. The lowest BCUT2D eigenvalue weighted by atomic mass is 10.2. The highest BCUT2D eigenvalue weighted by atomic mass is 35.5. The number of ether oxygens (including phenoxy) is 2. The molecule has 0 aliphatic heterocycles. The van der Waals surface area contributed by atoms with Gasteiger partial charge in [0, 0.05) is 10.6 Å². The van der Waals surface area contributed by atoms with E-state index < -0.39 is 5.91 Å². The molecule has 2 N–H and O–H groups in total. The van der Waals surface area contributed by atoms with E-state index in [1.807, 2.05) is 55.5 Å². The maximum absolute atomic E-state index is 12.1. The Morgan fingerprint density at radius 1 is 0.909 bits per heavy atom. The third-order valence-electron chi connectivity index (χ3n) is 4.44. The quantitative estimate of drug-likeness (QED) is 0.347. The summed E-state index contributed by atoms with van der Waals surface area (Å²) in [6.07, 6.45) is 1.51. The van der Waals surface area contributed by atoms with E-state index in [1.165, 1.54) is 6.21 Å². The van der Waals surface area contributed by atoms with Gasteiger partial charge in [-0.1, -0.05) is 23.7 Å². The van der Waals surface area contributed by atoms with Gasteiger partial charge >= 0.3 is 0 Å². The first kappa shape index (κ1) is 23.8. The summed E-state index contributed by atoms with van der Waals surface area (Å²) < 4.78 is 11.1. The zero-order valence-electron chi connectivity index (χ0n) is 18.1. The predicted molar refractivity (Wildman–Crippen MR) is 128 cm³/mol. The average Bonchev–Trinajstić information content (AvgIpc) is 2.84. The predicted octanol–water partition coefficient (Wildman–Crippen LogP) is 4.20. The molecule has 0 heterocycles. The van der Waals surface area contributed by atoms with Crippen LogP contribution in [-0.2, 0) is 11.4 Å². The molecular weight excluding hydrogens is 442 g/mol. The molecule has 0 aliphatic rings. The second-order valence-corrected chi connectivity index (χ2v) is 7.35. The molecule has 3 aromatic carbocycles. The van der Waals surface area contributed by atoms with Gasteiger partial charge in [-0.2, -0.15) is 5.10 Å². The highest BCUT2D eigenvalue weighted by molar-refractivity contribution is 6.30. The Labute approximate surface area is 197 Å². The number of carbonyl (C=O) groups is 2. The van der Waals surface area contributed by atoms with Crippen molar-refractivity contribution in [1.82, 2.24) is 10.7 Å². The number of benzene rings is 3. The van der Waals surface area contributed by atoms with Gasteiger partial charge in [0.05, 0.1) is 19.4 Å². The van der Waals surface area contributed by atoms with E-state index in [-0.39, 0.29) is 12.5 Å². The monoisotopic (exact) mass is 465 g/mol. The fourth-order valence-corrected chi connectivity index (χ4v) is 2.87. The van der Waals surface area contributed by atoms with E-state index in [4.69, 9.17) is 21.1 Å². The van der Waals surface area contributed by atoms with Crippen molar-refractivity contribution >= 4 is 29.6 Å². The summed E-state index contributed by atoms with van der Waals surface area (Å²) in [6, 6.07) is 21.4. The highest BCUT2D eigenvalue weighted by Gasteiger charge is 2.07. The molecule has 0 saturated carbocycles. The third-order valence-corrected chi connectivity index (χ3v) is 4.69. The number of hydrazone groups is 1. The number of rotatable bonds is 10. The van der Waals surface area contributed by atoms with Crippen LogP contribution < -0.4 is 20.2 Å². The molecule has 0 aromatic heterocycles. The molecule has 7 nitrogen and oxygen atoms in total. The standard InChI is InChI=1S/C25H24ClN3O4/c1-2-32-22-13-7-20(8-14-22)25(31)27-16-24(30)29-28-15-18-5-11-23(12-6-18)33-17-19-3-9-21(26)10-4-19/h3-15H,2,16-17H2,1H3,(H,27,31)(H,29,30). The van der Waals surface area contributed by atoms with Crippen molar-refractivity contribution in [1.29, 1.82) is 0 Å². The van der Waals surface area contributed by atoms with Crippen molar-refractivity contribution in [3.8, 4) is 11.5 Å². The molecule has 0 fully saturated rings. The molecule has 3 rings (SSSR count). The number of halogens is 1. The van der Waals surface area contributed by atoms with E-state index in [9.17, 15) is 9.59 Å². The number of hydrogen-bond acceptors (Lipinski definition) is 5. The van der Waals surface area contributed by atoms with Crippen LogP contribution in [-0.4, -0.2) is 31.2 Å². The minimum Gasteiger partial charge on any atom is -0.494 e. The van der Waals surface area contributed by atoms with Crippen LogP contribution in [0.2, 0.25) is 5.02 Å². The van der Waals surface area contributed by atoms with Gasteiger partial charge in [0.1, 0.15) is 18.1 Å². The Hall–Kier alpha value is -3.84. The number of nitrogens with zero attached hydrogens (tertiary/aromatic N) is 1. The lowest BCUT2D eigenvalue weighted by Crippen LogP contribution is -2.34. The minimum atomic E-state index is -0.437. The third kappa shape index (κ3) is 7.97. The Morgan fingerprint density at radius 2 is 1.55 bits per heavy atom. The van der Waals surface area contributed by atoms with Crippen LogP contribution in [0.15, 0.2) is 77.9 Å². The Kier molecular flexibility index (Phi) is 8.85. The number of hydrogen-bond donors (Lipinski definition) is 2. The van der Waals surface area contributed by atoms with Crippen molar-refractivity contribution in [2.24, 2.45) is 5.10 Å². The van der Waals surface area contributed by atoms with Gasteiger partial charge in [-0.25, -0.2) is 5.43 Å². The summed E-state index contributed by atoms with van der Waals surface area (Å²) in [7, 11) is 0. The maximum atomic E-state index is 12.1. The first-order valence-electron chi connectivity index (χ1n) is 10.3. The van der Waals surface area contributed by atoms with E-state index in [2.05, 4.69) is 15.8 Å². The number of nitrogens with one attached hydrogen (secondary N) is 2. The lowest BCUT2D eigenvalue weighted by molar-refractivity contribution is -0.120. The van der Waals surface area contributed by atoms with Crippen molar-refractivity contribution in [3.05, 3.63) is 94.5 Å². The van der Waals surface area contributed by atoms with Crippen molar-refractivity contribution < 1.29 is 19.1 Å². The summed E-state index contributed by atoms with van der Waals surface area (Å²) in [5.74, 6) is 0.602. The fourth-order valence-electron chi connectivity index (χ4n) is 2.75. The lowest BCUT2D eigenvalue weighted by Gasteiger charge is -2.07. The van der Waals surface area contributed by atoms with Crippen molar-refractivity contribution in [2.75, 3.05) is 13.2 Å². The molecule has 0 aliphatic carbocycles. The van der Waals surface area contributed by atoms with Crippen LogP contribution in [0.5, 0.6) is 11.5 Å². The van der Waals surface area contributed by atoms with Crippen LogP contribution in [0.25, 0.3) is 0 Å². The van der Waals surface area contributed by atoms with E-state index in [0.29, 0.717) is 35.3 Å². The summed E-state index contributed by atoms with van der Waals surface area (Å²) in [6.45, 7) is 2.67. The van der Waals surface area contributed by atoms with Crippen molar-refractivity contribution in [2.45, 2.75) is 13.5 Å². The van der Waals surface area contributed by atoms with Crippen molar-refractivity contribution in [3.63, 3.8) is 0 Å². The summed E-state index contributed by atoms with van der Waals surface area (Å²) in [5, 5.41) is 7.14. The molecule has 33 heavy (non-hydrogen) atoms. The first-order valence-corrected chi connectivity index (χ1v) is 10.7. The molecule has 0 unspecified atom stereocenters. The van der Waals surface area contributed by atoms with Crippen LogP contribution in [0.1, 0.15) is 28.4 Å². The Morgan fingerprint density at radius 3 is 2.21 bits per heavy atom. The Balaban J connectivity index is 1.39. The van der Waals surface area contributed by atoms with Crippen LogP contribution >= 0.6 is 11.6 Å². The van der Waals surface area contributed by atoms with Gasteiger partial charge in [0.2, 0.25) is 0 Å². The molecule has 2 amide bonds. The SMILES string of the molecule is CCOc1ccc(C(=O)NCC(=O)NN=Cc2ccc(OCc3ccc(Cl)cc3)cc2)cc1. The van der Waals surface area contributed by atoms with Crippen LogP contribution in [0, 0.1) is 0 Å². The van der Waals surface area contributed by atoms with Gasteiger partial charge in [0.15, 0.2) is 0 Å². The fraction of sp³-hybridized carbons (Fsp3) is 0.160. The second-order valence-electron chi connectivity index (χ2n) is 6.92. The minimum absolute atomic E-state index is 0.194. The first-order chi connectivity index (χ1) is 16.0. The molecule has 0 atom stereocenters. The van der Waals surface area contributed by atoms with Gasteiger partial charge in [-0.05, 0) is 78.7 Å². The number of carbonyl (C=O) groups excluding carboxylic acids is 2. The molecule has 0 bridgehead atoms. The summed E-state index contributed by atoms with van der Waals surface area (Å²) in [5.41, 5.74) is 4.62. The van der Waals surface area contributed by atoms with Crippen LogP contribution in [0.3, 0.4) is 0 Å². The van der Waals surface area contributed by atoms with E-state index in [1.54, 1.807) is 24.3 Å². The summed E-state index contributed by atoms with van der Waals surface area (Å²) >= 11 is 5.88. The normalized spacial score (nSPS) is 10.6. The van der Waals surface area contributed by atoms with Gasteiger partial charge < -0.3 is 14.8 Å². The maximum Gasteiger partial charge on any atom is 0.259 e. The largest absolute Gasteiger partial charge is 0.494 e. The highest BCUT2D eigenvalue weighted by Crippen LogP contribution is 2.15. The Bertz CT molecular complexity index is 1080. The van der Waals surface area contributed by atoms with E-state index >= 15 is 0 Å². The zero-order chi connectivity index (χ0) is 23.5. The smallest absolute Gasteiger partial charge is 0.259 e. The molecule has 3 aromatic rings. The molecule has 0 saturated heterocycles. The van der Waals surface area contributed by atoms with Gasteiger partial charge in [-0.15, -0.1) is 0 Å². The van der Waals surface area contributed by atoms with Gasteiger partial charge in [0.25, 0.3) is 11.8 Å². The second kappa shape index (κ2) is 12.3. The summed E-state index contributed by atoms with van der Waals surface area (Å²) in [4.78, 5) is 24.0. The molecule has 170 valence electrons.